The lowest BCUT2D eigenvalue weighted by Crippen LogP contribution is -2.14. The van der Waals surface area contributed by atoms with Crippen molar-refractivity contribution in [3.8, 4) is 0 Å². The van der Waals surface area contributed by atoms with Crippen molar-refractivity contribution in [1.82, 2.24) is 5.32 Å². The molecular formula is C14H18ClNO. The molecule has 1 aliphatic rings. The lowest BCUT2D eigenvalue weighted by molar-refractivity contribution is -0.119. The quantitative estimate of drug-likeness (QED) is 0.892. The topological polar surface area (TPSA) is 29.1 Å². The van der Waals surface area contributed by atoms with Gasteiger partial charge in [-0.05, 0) is 49.5 Å². The Morgan fingerprint density at radius 3 is 3.00 bits per heavy atom. The van der Waals surface area contributed by atoms with Gasteiger partial charge in [-0.15, -0.1) is 0 Å². The van der Waals surface area contributed by atoms with Crippen LogP contribution in [0, 0.1) is 12.8 Å². The molecule has 2 nitrogen and oxygen atoms in total. The van der Waals surface area contributed by atoms with Gasteiger partial charge in [0.2, 0.25) is 0 Å². The summed E-state index contributed by atoms with van der Waals surface area (Å²) in [5.41, 5.74) is 2.08. The largest absolute Gasteiger partial charge is 0.316 e. The zero-order valence-electron chi connectivity index (χ0n) is 10.1. The molecule has 1 atom stereocenters. The molecule has 1 unspecified atom stereocenters. The average molecular weight is 252 g/mol. The molecule has 2 rings (SSSR count). The van der Waals surface area contributed by atoms with E-state index in [0.717, 1.165) is 30.6 Å². The van der Waals surface area contributed by atoms with Crippen LogP contribution in [0.3, 0.4) is 0 Å². The molecule has 0 spiro atoms. The number of halogens is 1. The second kappa shape index (κ2) is 5.65. The van der Waals surface area contributed by atoms with Crippen molar-refractivity contribution < 1.29 is 4.79 Å². The predicted octanol–water partition coefficient (Wildman–Crippen LogP) is 2.76. The van der Waals surface area contributed by atoms with E-state index in [4.69, 9.17) is 11.6 Å². The lowest BCUT2D eigenvalue weighted by atomic mass is 9.97. The Bertz CT molecular complexity index is 411. The Kier molecular flexibility index (Phi) is 4.19. The van der Waals surface area contributed by atoms with Crippen LogP contribution in [0.1, 0.15) is 24.0 Å². The van der Waals surface area contributed by atoms with Crippen LogP contribution in [-0.4, -0.2) is 18.9 Å². The van der Waals surface area contributed by atoms with Gasteiger partial charge in [0.15, 0.2) is 0 Å². The molecule has 1 heterocycles. The first-order valence-electron chi connectivity index (χ1n) is 6.12. The van der Waals surface area contributed by atoms with Crippen LogP contribution in [0.4, 0.5) is 0 Å². The van der Waals surface area contributed by atoms with Gasteiger partial charge >= 0.3 is 0 Å². The number of benzene rings is 1. The molecule has 0 aliphatic carbocycles. The molecule has 1 aromatic carbocycles. The highest BCUT2D eigenvalue weighted by Crippen LogP contribution is 2.20. The van der Waals surface area contributed by atoms with Gasteiger partial charge in [-0.25, -0.2) is 0 Å². The summed E-state index contributed by atoms with van der Waals surface area (Å²) in [7, 11) is 0. The number of Topliss-reactive ketones (excluding diaryl/α,β-unsaturated/α-hetero) is 1. The van der Waals surface area contributed by atoms with E-state index < -0.39 is 0 Å². The lowest BCUT2D eigenvalue weighted by Gasteiger charge is -2.08. The third kappa shape index (κ3) is 3.55. The monoisotopic (exact) mass is 251 g/mol. The third-order valence-corrected chi connectivity index (χ3v) is 3.63. The Balaban J connectivity index is 1.93. The molecule has 17 heavy (non-hydrogen) atoms. The minimum absolute atomic E-state index is 0.296. The second-order valence-corrected chi connectivity index (χ2v) is 5.28. The fourth-order valence-corrected chi connectivity index (χ4v) is 2.59. The maximum Gasteiger partial charge on any atom is 0.137 e. The fraction of sp³-hybridized carbons (Fsp3) is 0.500. The Morgan fingerprint density at radius 2 is 2.35 bits per heavy atom. The van der Waals surface area contributed by atoms with Crippen LogP contribution in [0.2, 0.25) is 5.02 Å². The summed E-state index contributed by atoms with van der Waals surface area (Å²) < 4.78 is 0. The van der Waals surface area contributed by atoms with Crippen LogP contribution in [-0.2, 0) is 11.2 Å². The van der Waals surface area contributed by atoms with E-state index >= 15 is 0 Å². The van der Waals surface area contributed by atoms with Crippen molar-refractivity contribution in [3.05, 3.63) is 34.3 Å². The second-order valence-electron chi connectivity index (χ2n) is 4.87. The summed E-state index contributed by atoms with van der Waals surface area (Å²) in [6, 6.07) is 5.88. The summed E-state index contributed by atoms with van der Waals surface area (Å²) in [6.07, 6.45) is 2.26. The minimum Gasteiger partial charge on any atom is -0.316 e. The standard InChI is InChI=1S/C14H18ClNO/c1-10-2-3-12(14(15)6-10)8-13(17)7-11-4-5-16-9-11/h2-3,6,11,16H,4-5,7-9H2,1H3. The first-order chi connectivity index (χ1) is 8.15. The zero-order valence-corrected chi connectivity index (χ0v) is 10.9. The molecule has 1 N–H and O–H groups in total. The highest BCUT2D eigenvalue weighted by atomic mass is 35.5. The van der Waals surface area contributed by atoms with Gasteiger partial charge in [0, 0.05) is 17.9 Å². The van der Waals surface area contributed by atoms with Crippen molar-refractivity contribution in [2.24, 2.45) is 5.92 Å². The van der Waals surface area contributed by atoms with Gasteiger partial charge in [0.1, 0.15) is 5.78 Å². The summed E-state index contributed by atoms with van der Waals surface area (Å²) in [5, 5.41) is 3.99. The molecule has 1 saturated heterocycles. The van der Waals surface area contributed by atoms with Gasteiger partial charge in [-0.2, -0.15) is 0 Å². The van der Waals surface area contributed by atoms with E-state index in [2.05, 4.69) is 5.32 Å². The molecule has 1 fully saturated rings. The highest BCUT2D eigenvalue weighted by molar-refractivity contribution is 6.31. The van der Waals surface area contributed by atoms with E-state index in [0.29, 0.717) is 29.6 Å². The van der Waals surface area contributed by atoms with Crippen LogP contribution < -0.4 is 5.32 Å². The van der Waals surface area contributed by atoms with Crippen molar-refractivity contribution in [1.29, 1.82) is 0 Å². The van der Waals surface area contributed by atoms with Gasteiger partial charge in [0.05, 0.1) is 0 Å². The summed E-state index contributed by atoms with van der Waals surface area (Å²) >= 11 is 6.13. The maximum atomic E-state index is 11.9. The number of carbonyl (C=O) groups excluding carboxylic acids is 1. The average Bonchev–Trinajstić information content (AvgIpc) is 2.75. The number of aryl methyl sites for hydroxylation is 1. The number of rotatable bonds is 4. The maximum absolute atomic E-state index is 11.9. The van der Waals surface area contributed by atoms with Crippen molar-refractivity contribution in [2.45, 2.75) is 26.2 Å². The molecule has 1 aliphatic heterocycles. The zero-order chi connectivity index (χ0) is 12.3. The van der Waals surface area contributed by atoms with Crippen LogP contribution >= 0.6 is 11.6 Å². The van der Waals surface area contributed by atoms with E-state index in [1.807, 2.05) is 25.1 Å². The molecule has 0 radical (unpaired) electrons. The van der Waals surface area contributed by atoms with E-state index in [-0.39, 0.29) is 0 Å². The third-order valence-electron chi connectivity index (χ3n) is 3.27. The SMILES string of the molecule is Cc1ccc(CC(=O)CC2CCNC2)c(Cl)c1. The molecule has 3 heteroatoms. The number of carbonyl (C=O) groups is 1. The van der Waals surface area contributed by atoms with Crippen LogP contribution in [0.5, 0.6) is 0 Å². The van der Waals surface area contributed by atoms with E-state index in [9.17, 15) is 4.79 Å². The molecule has 0 aromatic heterocycles. The first kappa shape index (κ1) is 12.6. The van der Waals surface area contributed by atoms with Gasteiger partial charge in [-0.1, -0.05) is 23.7 Å². The fourth-order valence-electron chi connectivity index (χ4n) is 2.29. The minimum atomic E-state index is 0.296. The molecular weight excluding hydrogens is 234 g/mol. The van der Waals surface area contributed by atoms with Gasteiger partial charge in [0.25, 0.3) is 0 Å². The van der Waals surface area contributed by atoms with Crippen molar-refractivity contribution >= 4 is 17.4 Å². The molecule has 0 bridgehead atoms. The van der Waals surface area contributed by atoms with Crippen LogP contribution in [0.15, 0.2) is 18.2 Å². The Labute approximate surface area is 107 Å². The normalized spacial score (nSPS) is 19.5. The van der Waals surface area contributed by atoms with E-state index in [1.165, 1.54) is 0 Å². The summed E-state index contributed by atoms with van der Waals surface area (Å²) in [5.74, 6) is 0.816. The molecule has 0 saturated carbocycles. The first-order valence-corrected chi connectivity index (χ1v) is 6.50. The van der Waals surface area contributed by atoms with Crippen molar-refractivity contribution in [3.63, 3.8) is 0 Å². The number of hydrogen-bond acceptors (Lipinski definition) is 2. The molecule has 0 amide bonds. The highest BCUT2D eigenvalue weighted by Gasteiger charge is 2.18. The Hall–Kier alpha value is -0.860. The smallest absolute Gasteiger partial charge is 0.137 e. The summed E-state index contributed by atoms with van der Waals surface area (Å²) in [4.78, 5) is 11.9. The number of nitrogens with one attached hydrogen (secondary N) is 1. The van der Waals surface area contributed by atoms with Crippen LogP contribution in [0.25, 0.3) is 0 Å². The van der Waals surface area contributed by atoms with Crippen molar-refractivity contribution in [2.75, 3.05) is 13.1 Å². The van der Waals surface area contributed by atoms with Gasteiger partial charge in [-0.3, -0.25) is 4.79 Å². The van der Waals surface area contributed by atoms with Gasteiger partial charge < -0.3 is 5.32 Å². The predicted molar refractivity (Wildman–Crippen MR) is 70.5 cm³/mol. The number of ketones is 1. The number of hydrogen-bond donors (Lipinski definition) is 1. The summed E-state index contributed by atoms with van der Waals surface area (Å²) in [6.45, 7) is 4.03. The van der Waals surface area contributed by atoms with E-state index in [1.54, 1.807) is 0 Å². The molecule has 92 valence electrons. The Morgan fingerprint density at radius 1 is 1.53 bits per heavy atom. The molecule has 1 aromatic rings.